The van der Waals surface area contributed by atoms with E-state index in [1.807, 2.05) is 5.32 Å². The summed E-state index contributed by atoms with van der Waals surface area (Å²) >= 11 is 0.584. The van der Waals surface area contributed by atoms with Crippen LogP contribution in [0.5, 0.6) is 0 Å². The Morgan fingerprint density at radius 1 is 1.60 bits per heavy atom. The van der Waals surface area contributed by atoms with Crippen LogP contribution < -0.4 is 11.1 Å². The number of nitrogens with two attached hydrogens (primary N) is 1. The van der Waals surface area contributed by atoms with Crippen LogP contribution in [0.4, 0.5) is 28.3 Å². The van der Waals surface area contributed by atoms with Gasteiger partial charge in [0.15, 0.2) is 0 Å². The third-order valence-electron chi connectivity index (χ3n) is 2.23. The number of thiophene rings is 1. The number of nitrogen functional groups attached to an aromatic ring is 1. The molecule has 10 heteroatoms. The Morgan fingerprint density at radius 3 is 2.65 bits per heavy atom. The molecule has 0 aliphatic heterocycles. The molecule has 0 aliphatic rings. The number of hydrogen-bond donors (Lipinski definition) is 2. The number of anilines is 2. The molecular formula is C10H9F4N3O2S. The molecule has 1 rings (SSSR count). The van der Waals surface area contributed by atoms with Gasteiger partial charge in [-0.05, 0) is 0 Å². The van der Waals surface area contributed by atoms with E-state index in [-0.39, 0.29) is 21.1 Å². The van der Waals surface area contributed by atoms with Crippen molar-refractivity contribution in [3.8, 4) is 6.07 Å². The summed E-state index contributed by atoms with van der Waals surface area (Å²) in [7, 11) is 1.07. The Kier molecular flexibility index (Phi) is 4.78. The fourth-order valence-electron chi connectivity index (χ4n) is 1.20. The summed E-state index contributed by atoms with van der Waals surface area (Å²) in [5.74, 6) is -5.12. The molecule has 0 fully saturated rings. The summed E-state index contributed by atoms with van der Waals surface area (Å²) in [5.41, 5.74) is 4.99. The second-order valence-corrected chi connectivity index (χ2v) is 4.59. The van der Waals surface area contributed by atoms with Crippen LogP contribution in [0.2, 0.25) is 0 Å². The van der Waals surface area contributed by atoms with Crippen molar-refractivity contribution in [2.24, 2.45) is 0 Å². The number of carbonyl (C=O) groups is 1. The number of esters is 1. The predicted octanol–water partition coefficient (Wildman–Crippen LogP) is 2.30. The van der Waals surface area contributed by atoms with E-state index in [9.17, 15) is 22.4 Å². The first kappa shape index (κ1) is 16.0. The number of methoxy groups -OCH3 is 1. The minimum Gasteiger partial charge on any atom is -0.465 e. The molecule has 20 heavy (non-hydrogen) atoms. The molecule has 0 spiro atoms. The molecule has 1 aromatic heterocycles. The van der Waals surface area contributed by atoms with E-state index in [2.05, 4.69) is 4.74 Å². The van der Waals surface area contributed by atoms with Gasteiger partial charge in [-0.1, -0.05) is 0 Å². The fraction of sp³-hybridized carbons (Fsp3) is 0.400. The number of nitrogens with one attached hydrogen (secondary N) is 1. The summed E-state index contributed by atoms with van der Waals surface area (Å²) in [6.45, 7) is -1.39. The lowest BCUT2D eigenvalue weighted by atomic mass is 10.2. The van der Waals surface area contributed by atoms with Crippen molar-refractivity contribution in [2.75, 3.05) is 24.7 Å². The zero-order chi connectivity index (χ0) is 15.5. The van der Waals surface area contributed by atoms with Gasteiger partial charge in [-0.3, -0.25) is 0 Å². The average molecular weight is 311 g/mol. The molecule has 0 bridgehead atoms. The molecule has 0 unspecified atom stereocenters. The highest BCUT2D eigenvalue weighted by Crippen LogP contribution is 2.36. The molecule has 1 aromatic rings. The van der Waals surface area contributed by atoms with Gasteiger partial charge < -0.3 is 15.8 Å². The lowest BCUT2D eigenvalue weighted by Crippen LogP contribution is -2.34. The third kappa shape index (κ3) is 3.11. The number of nitriles is 1. The van der Waals surface area contributed by atoms with Crippen molar-refractivity contribution >= 4 is 28.0 Å². The minimum absolute atomic E-state index is 0.160. The Balaban J connectivity index is 3.03. The fourth-order valence-corrected chi connectivity index (χ4v) is 2.18. The van der Waals surface area contributed by atoms with Crippen molar-refractivity contribution in [1.29, 1.82) is 5.26 Å². The molecule has 0 aliphatic carbocycles. The van der Waals surface area contributed by atoms with Crippen molar-refractivity contribution in [3.05, 3.63) is 10.4 Å². The molecule has 5 nitrogen and oxygen atoms in total. The lowest BCUT2D eigenvalue weighted by molar-refractivity contribution is -0.117. The number of ether oxygens (including phenoxy) is 1. The normalized spacial score (nSPS) is 11.2. The molecule has 110 valence electrons. The summed E-state index contributed by atoms with van der Waals surface area (Å²) in [5, 5.41) is 10.7. The molecule has 0 amide bonds. The standard InChI is InChI=1S/C10H9F4N3O2S/c1-19-8(18)6-5(16)4(2-15)7(20-6)17-3-10(13,14)9(11)12/h9,17H,3,16H2,1H3. The first-order valence-corrected chi connectivity index (χ1v) is 5.86. The SMILES string of the molecule is COC(=O)c1sc(NCC(F)(F)C(F)F)c(C#N)c1N. The van der Waals surface area contributed by atoms with Crippen LogP contribution in [0.1, 0.15) is 15.2 Å². The van der Waals surface area contributed by atoms with Crippen molar-refractivity contribution in [1.82, 2.24) is 0 Å². The van der Waals surface area contributed by atoms with Crippen LogP contribution in [-0.4, -0.2) is 32.0 Å². The molecule has 3 N–H and O–H groups in total. The van der Waals surface area contributed by atoms with E-state index >= 15 is 0 Å². The van der Waals surface area contributed by atoms with E-state index in [4.69, 9.17) is 11.0 Å². The first-order chi connectivity index (χ1) is 9.24. The maximum Gasteiger partial charge on any atom is 0.350 e. The number of nitrogens with zero attached hydrogens (tertiary/aromatic N) is 1. The second kappa shape index (κ2) is 5.96. The highest BCUT2D eigenvalue weighted by atomic mass is 32.1. The minimum atomic E-state index is -4.27. The second-order valence-electron chi connectivity index (χ2n) is 3.57. The van der Waals surface area contributed by atoms with Gasteiger partial charge in [0.2, 0.25) is 0 Å². The van der Waals surface area contributed by atoms with Crippen molar-refractivity contribution < 1.29 is 27.1 Å². The number of hydrogen-bond acceptors (Lipinski definition) is 6. The summed E-state index contributed by atoms with van der Waals surface area (Å²) in [6.07, 6.45) is -3.85. The third-order valence-corrected chi connectivity index (χ3v) is 3.37. The van der Waals surface area contributed by atoms with Crippen LogP contribution >= 0.6 is 11.3 Å². The number of alkyl halides is 4. The van der Waals surface area contributed by atoms with Crippen LogP contribution in [0.3, 0.4) is 0 Å². The Hall–Kier alpha value is -2.02. The Morgan fingerprint density at radius 2 is 2.20 bits per heavy atom. The predicted molar refractivity (Wildman–Crippen MR) is 64.2 cm³/mol. The molecule has 0 aromatic carbocycles. The van der Waals surface area contributed by atoms with Crippen LogP contribution in [0.25, 0.3) is 0 Å². The van der Waals surface area contributed by atoms with E-state index < -0.39 is 24.9 Å². The molecule has 0 atom stereocenters. The highest BCUT2D eigenvalue weighted by Gasteiger charge is 2.40. The number of rotatable bonds is 5. The number of halogens is 4. The maximum absolute atomic E-state index is 12.8. The van der Waals surface area contributed by atoms with Crippen LogP contribution in [-0.2, 0) is 4.74 Å². The topological polar surface area (TPSA) is 88.1 Å². The molecule has 1 heterocycles. The zero-order valence-electron chi connectivity index (χ0n) is 10.0. The summed E-state index contributed by atoms with van der Waals surface area (Å²) in [6, 6.07) is 1.61. The van der Waals surface area contributed by atoms with Gasteiger partial charge in [0.05, 0.1) is 19.3 Å². The smallest absolute Gasteiger partial charge is 0.350 e. The van der Waals surface area contributed by atoms with Crippen molar-refractivity contribution in [2.45, 2.75) is 12.3 Å². The Labute approximate surface area is 114 Å². The quantitative estimate of drug-likeness (QED) is 0.643. The van der Waals surface area contributed by atoms with Gasteiger partial charge in [0.1, 0.15) is 21.5 Å². The largest absolute Gasteiger partial charge is 0.465 e. The number of carbonyl (C=O) groups excluding carboxylic acids is 1. The van der Waals surface area contributed by atoms with Crippen LogP contribution in [0.15, 0.2) is 0 Å². The Bertz CT molecular complexity index is 553. The van der Waals surface area contributed by atoms with E-state index in [1.165, 1.54) is 0 Å². The molecule has 0 radical (unpaired) electrons. The molecular weight excluding hydrogens is 302 g/mol. The van der Waals surface area contributed by atoms with Crippen LogP contribution in [0, 0.1) is 11.3 Å². The highest BCUT2D eigenvalue weighted by molar-refractivity contribution is 7.18. The monoisotopic (exact) mass is 311 g/mol. The summed E-state index contributed by atoms with van der Waals surface area (Å²) in [4.78, 5) is 11.2. The van der Waals surface area contributed by atoms with Gasteiger partial charge in [0, 0.05) is 0 Å². The van der Waals surface area contributed by atoms with Gasteiger partial charge in [-0.25, -0.2) is 13.6 Å². The average Bonchev–Trinajstić information content (AvgIpc) is 2.71. The molecule has 0 saturated carbocycles. The van der Waals surface area contributed by atoms with E-state index in [0.717, 1.165) is 7.11 Å². The van der Waals surface area contributed by atoms with Gasteiger partial charge in [-0.2, -0.15) is 14.0 Å². The maximum atomic E-state index is 12.8. The van der Waals surface area contributed by atoms with Gasteiger partial charge >= 0.3 is 18.3 Å². The summed E-state index contributed by atoms with van der Waals surface area (Å²) < 4.78 is 54.0. The van der Waals surface area contributed by atoms with E-state index in [1.54, 1.807) is 6.07 Å². The zero-order valence-corrected chi connectivity index (χ0v) is 10.9. The van der Waals surface area contributed by atoms with E-state index in [0.29, 0.717) is 11.3 Å². The van der Waals surface area contributed by atoms with Crippen molar-refractivity contribution in [3.63, 3.8) is 0 Å². The van der Waals surface area contributed by atoms with Gasteiger partial charge in [-0.15, -0.1) is 11.3 Å². The lowest BCUT2D eigenvalue weighted by Gasteiger charge is -2.15. The first-order valence-electron chi connectivity index (χ1n) is 5.05. The van der Waals surface area contributed by atoms with Gasteiger partial charge in [0.25, 0.3) is 0 Å². The molecule has 0 saturated heterocycles.